The fourth-order valence-corrected chi connectivity index (χ4v) is 3.59. The maximum absolute atomic E-state index is 3.50. The van der Waals surface area contributed by atoms with Gasteiger partial charge < -0.3 is 5.32 Å². The van der Waals surface area contributed by atoms with E-state index in [1.54, 1.807) is 11.1 Å². The summed E-state index contributed by atoms with van der Waals surface area (Å²) in [7, 11) is 0. The van der Waals surface area contributed by atoms with E-state index in [0.717, 1.165) is 0 Å². The van der Waals surface area contributed by atoms with Gasteiger partial charge in [-0.3, -0.25) is 0 Å². The molecule has 0 bridgehead atoms. The third-order valence-electron chi connectivity index (χ3n) is 4.71. The minimum Gasteiger partial charge on any atom is -0.317 e. The molecule has 1 saturated heterocycles. The zero-order valence-electron chi connectivity index (χ0n) is 12.8. The Morgan fingerprint density at radius 1 is 1.05 bits per heavy atom. The lowest BCUT2D eigenvalue weighted by Gasteiger charge is -2.43. The molecule has 19 heavy (non-hydrogen) atoms. The Labute approximate surface area is 119 Å². The molecule has 1 nitrogen and oxygen atoms in total. The van der Waals surface area contributed by atoms with Crippen molar-refractivity contribution in [3.05, 3.63) is 41.0 Å². The molecule has 0 radical (unpaired) electrons. The smallest absolute Gasteiger partial charge is 0.00203 e. The van der Waals surface area contributed by atoms with Gasteiger partial charge in [0, 0.05) is 6.84 Å². The van der Waals surface area contributed by atoms with Crippen molar-refractivity contribution in [2.45, 2.75) is 52.4 Å². The fourth-order valence-electron chi connectivity index (χ4n) is 3.59. The third kappa shape index (κ3) is 2.49. The van der Waals surface area contributed by atoms with Crippen molar-refractivity contribution in [2.24, 2.45) is 0 Å². The minimum absolute atomic E-state index is 0. The number of piperidine rings is 1. The van der Waals surface area contributed by atoms with E-state index in [2.05, 4.69) is 43.4 Å². The Kier molecular flexibility index (Phi) is 4.46. The Balaban J connectivity index is 0.000000639. The summed E-state index contributed by atoms with van der Waals surface area (Å²) >= 11 is 0. The Bertz CT molecular complexity index is 470. The summed E-state index contributed by atoms with van der Waals surface area (Å²) in [5.74, 6) is 0. The highest BCUT2D eigenvalue weighted by atomic mass is 14.9. The van der Waals surface area contributed by atoms with Gasteiger partial charge in [-0.2, -0.15) is 0 Å². The van der Waals surface area contributed by atoms with Crippen LogP contribution in [-0.2, 0) is 5.41 Å². The highest BCUT2D eigenvalue weighted by Crippen LogP contribution is 2.47. The average molecular weight is 259 g/mol. The van der Waals surface area contributed by atoms with Crippen molar-refractivity contribution >= 4 is 5.57 Å². The zero-order chi connectivity index (χ0) is 13.9. The molecule has 106 valence electrons. The molecule has 1 heterocycles. The van der Waals surface area contributed by atoms with E-state index < -0.39 is 0 Å². The molecule has 0 atom stereocenters. The van der Waals surface area contributed by atoms with E-state index in [0.29, 0.717) is 5.41 Å². The van der Waals surface area contributed by atoms with Crippen LogP contribution in [0.3, 0.4) is 0 Å². The first-order valence-electron chi connectivity index (χ1n) is 7.70. The molecule has 3 rings (SSSR count). The van der Waals surface area contributed by atoms with Crippen LogP contribution in [-0.4, -0.2) is 13.1 Å². The molecule has 1 heteroatoms. The quantitative estimate of drug-likeness (QED) is 0.707. The highest BCUT2D eigenvalue weighted by molar-refractivity contribution is 5.73. The van der Waals surface area contributed by atoms with Crippen LogP contribution < -0.4 is 5.32 Å². The molecule has 0 saturated carbocycles. The molecule has 1 aliphatic heterocycles. The lowest BCUT2D eigenvalue weighted by molar-refractivity contribution is 0.301. The molecule has 0 amide bonds. The largest absolute Gasteiger partial charge is 0.317 e. The van der Waals surface area contributed by atoms with Gasteiger partial charge >= 0.3 is 0 Å². The Morgan fingerprint density at radius 3 is 2.37 bits per heavy atom. The molecule has 1 aliphatic carbocycles. The predicted molar refractivity (Wildman–Crippen MR) is 86.6 cm³/mol. The number of allylic oxidation sites excluding steroid dienone is 2. The van der Waals surface area contributed by atoms with Crippen molar-refractivity contribution in [2.75, 3.05) is 13.1 Å². The summed E-state index contributed by atoms with van der Waals surface area (Å²) in [6.45, 7) is 10.9. The predicted octanol–water partition coefficient (Wildman–Crippen LogP) is 4.78. The molecule has 1 spiro atoms. The normalized spacial score (nSPS) is 20.6. The van der Waals surface area contributed by atoms with Crippen LogP contribution in [0.5, 0.6) is 0 Å². The summed E-state index contributed by atoms with van der Waals surface area (Å²) < 4.78 is 0. The molecule has 1 N–H and O–H groups in total. The van der Waals surface area contributed by atoms with E-state index in [1.807, 2.05) is 13.8 Å². The van der Waals surface area contributed by atoms with Gasteiger partial charge in [-0.05, 0) is 62.9 Å². The minimum atomic E-state index is 0. The molecule has 1 aromatic rings. The van der Waals surface area contributed by atoms with Crippen LogP contribution in [0.4, 0.5) is 0 Å². The topological polar surface area (TPSA) is 12.0 Å². The lowest BCUT2D eigenvalue weighted by Crippen LogP contribution is -2.41. The summed E-state index contributed by atoms with van der Waals surface area (Å²) in [5, 5.41) is 3.50. The standard InChI is InChI=1S/C16H21N.C2H6.H2/c1-12-11-16(7-9-17-10-8-16)15-6-4-3-5-14(15)13(12)2;1-2;/h3-6,17H,7-11H2,1-2H3;1-2H3;1H. The molecule has 0 unspecified atom stereocenters. The van der Waals surface area contributed by atoms with Crippen LogP contribution in [0.15, 0.2) is 29.8 Å². The van der Waals surface area contributed by atoms with Crippen LogP contribution in [0.25, 0.3) is 5.57 Å². The van der Waals surface area contributed by atoms with Gasteiger partial charge in [0.05, 0.1) is 0 Å². The summed E-state index contributed by atoms with van der Waals surface area (Å²) in [4.78, 5) is 0. The Hall–Kier alpha value is -1.08. The molecule has 0 aromatic heterocycles. The number of benzene rings is 1. The molecule has 1 aromatic carbocycles. The van der Waals surface area contributed by atoms with Crippen LogP contribution >= 0.6 is 0 Å². The summed E-state index contributed by atoms with van der Waals surface area (Å²) in [6, 6.07) is 9.04. The van der Waals surface area contributed by atoms with E-state index in [1.165, 1.54) is 43.5 Å². The summed E-state index contributed by atoms with van der Waals surface area (Å²) in [5.41, 5.74) is 6.61. The SMILES string of the molecule is CC.CC1=C(C)c2ccccc2C2(CCNCC2)C1.[HH]. The first-order chi connectivity index (χ1) is 9.23. The second-order valence-corrected chi connectivity index (χ2v) is 5.66. The maximum Gasteiger partial charge on any atom is 0.00203 e. The van der Waals surface area contributed by atoms with Gasteiger partial charge in [0.2, 0.25) is 0 Å². The number of rotatable bonds is 0. The van der Waals surface area contributed by atoms with Crippen LogP contribution in [0.2, 0.25) is 0 Å². The van der Waals surface area contributed by atoms with Crippen LogP contribution in [0.1, 0.15) is 59.5 Å². The third-order valence-corrected chi connectivity index (χ3v) is 4.71. The average Bonchev–Trinajstić information content (AvgIpc) is 2.48. The van der Waals surface area contributed by atoms with E-state index in [4.69, 9.17) is 0 Å². The van der Waals surface area contributed by atoms with Gasteiger partial charge in [0.15, 0.2) is 0 Å². The highest BCUT2D eigenvalue weighted by Gasteiger charge is 2.38. The monoisotopic (exact) mass is 259 g/mol. The van der Waals surface area contributed by atoms with Crippen molar-refractivity contribution < 1.29 is 1.43 Å². The van der Waals surface area contributed by atoms with E-state index >= 15 is 0 Å². The molecule has 1 fully saturated rings. The lowest BCUT2D eigenvalue weighted by atomic mass is 9.64. The van der Waals surface area contributed by atoms with Gasteiger partial charge in [-0.15, -0.1) is 0 Å². The van der Waals surface area contributed by atoms with Crippen molar-refractivity contribution in [3.63, 3.8) is 0 Å². The number of hydrogen-bond acceptors (Lipinski definition) is 1. The van der Waals surface area contributed by atoms with Gasteiger partial charge in [0.25, 0.3) is 0 Å². The summed E-state index contributed by atoms with van der Waals surface area (Å²) in [6.07, 6.45) is 3.83. The molecular weight excluding hydrogens is 230 g/mol. The number of hydrogen-bond donors (Lipinski definition) is 1. The van der Waals surface area contributed by atoms with Crippen molar-refractivity contribution in [3.8, 4) is 0 Å². The number of fused-ring (bicyclic) bond motifs is 2. The van der Waals surface area contributed by atoms with E-state index in [-0.39, 0.29) is 1.43 Å². The number of nitrogens with one attached hydrogen (secondary N) is 1. The van der Waals surface area contributed by atoms with Crippen molar-refractivity contribution in [1.29, 1.82) is 0 Å². The van der Waals surface area contributed by atoms with Crippen LogP contribution in [0, 0.1) is 0 Å². The van der Waals surface area contributed by atoms with Crippen molar-refractivity contribution in [1.82, 2.24) is 5.32 Å². The maximum atomic E-state index is 3.50. The molecule has 2 aliphatic rings. The van der Waals surface area contributed by atoms with Gasteiger partial charge in [-0.1, -0.05) is 43.7 Å². The first-order valence-corrected chi connectivity index (χ1v) is 7.70. The molecular formula is C18H29N. The second-order valence-electron chi connectivity index (χ2n) is 5.66. The fraction of sp³-hybridized carbons (Fsp3) is 0.556. The zero-order valence-corrected chi connectivity index (χ0v) is 12.8. The Morgan fingerprint density at radius 2 is 1.68 bits per heavy atom. The first kappa shape index (κ1) is 14.3. The van der Waals surface area contributed by atoms with Gasteiger partial charge in [0.1, 0.15) is 0 Å². The van der Waals surface area contributed by atoms with E-state index in [9.17, 15) is 0 Å². The second kappa shape index (κ2) is 5.92. The van der Waals surface area contributed by atoms with Gasteiger partial charge in [-0.25, -0.2) is 0 Å².